The lowest BCUT2D eigenvalue weighted by Crippen LogP contribution is -2.45. The van der Waals surface area contributed by atoms with E-state index < -0.39 is 6.04 Å². The molecule has 1 fully saturated rings. The maximum atomic E-state index is 12.6. The molecule has 2 aromatic carbocycles. The number of para-hydroxylation sites is 1. The van der Waals surface area contributed by atoms with E-state index in [1.54, 1.807) is 6.07 Å². The third-order valence-electron chi connectivity index (χ3n) is 4.61. The molecule has 1 aromatic heterocycles. The fraction of sp³-hybridized carbons (Fsp3) is 0.263. The van der Waals surface area contributed by atoms with Gasteiger partial charge in [0.15, 0.2) is 0 Å². The number of benzene rings is 2. The largest absolute Gasteiger partial charge is 0.355 e. The number of aromatic amines is 1. The summed E-state index contributed by atoms with van der Waals surface area (Å²) in [4.78, 5) is 27.9. The van der Waals surface area contributed by atoms with Crippen LogP contribution in [0.3, 0.4) is 0 Å². The number of rotatable bonds is 2. The monoisotopic (exact) mass is 321 g/mol. The number of H-pyrrole nitrogens is 1. The van der Waals surface area contributed by atoms with Gasteiger partial charge < -0.3 is 15.6 Å². The van der Waals surface area contributed by atoms with Crippen molar-refractivity contribution in [2.75, 3.05) is 6.54 Å². The number of carbonyl (C=O) groups is 2. The molecule has 1 atom stereocenters. The summed E-state index contributed by atoms with van der Waals surface area (Å²) in [5.74, 6) is -0.293. The Hall–Kier alpha value is -2.82. The molecule has 2 amide bonds. The molecule has 1 aliphatic rings. The Kier molecular flexibility index (Phi) is 3.69. The molecule has 5 nitrogen and oxygen atoms in total. The number of aromatic nitrogens is 1. The first-order valence-electron chi connectivity index (χ1n) is 8.31. The Bertz CT molecular complexity index is 929. The van der Waals surface area contributed by atoms with E-state index in [9.17, 15) is 9.59 Å². The molecule has 0 bridgehead atoms. The van der Waals surface area contributed by atoms with Crippen LogP contribution >= 0.6 is 0 Å². The highest BCUT2D eigenvalue weighted by molar-refractivity contribution is 6.10. The van der Waals surface area contributed by atoms with E-state index in [1.807, 2.05) is 36.4 Å². The molecule has 0 unspecified atom stereocenters. The fourth-order valence-corrected chi connectivity index (χ4v) is 3.31. The normalized spacial score (nSPS) is 18.3. The zero-order valence-corrected chi connectivity index (χ0v) is 13.3. The topological polar surface area (TPSA) is 74.0 Å². The second-order valence-corrected chi connectivity index (χ2v) is 6.24. The van der Waals surface area contributed by atoms with Gasteiger partial charge in [-0.3, -0.25) is 9.59 Å². The van der Waals surface area contributed by atoms with Crippen LogP contribution in [-0.4, -0.2) is 29.4 Å². The highest BCUT2D eigenvalue weighted by atomic mass is 16.2. The first kappa shape index (κ1) is 14.8. The van der Waals surface area contributed by atoms with Gasteiger partial charge in [-0.05, 0) is 43.5 Å². The highest BCUT2D eigenvalue weighted by Crippen LogP contribution is 2.26. The summed E-state index contributed by atoms with van der Waals surface area (Å²) in [5.41, 5.74) is 2.62. The van der Waals surface area contributed by atoms with Crippen LogP contribution in [0.5, 0.6) is 0 Å². The van der Waals surface area contributed by atoms with Gasteiger partial charge in [0.1, 0.15) is 6.04 Å². The van der Waals surface area contributed by atoms with Crippen LogP contribution in [0.1, 0.15) is 29.6 Å². The molecule has 0 saturated carbocycles. The molecule has 0 aliphatic carbocycles. The predicted molar refractivity (Wildman–Crippen MR) is 93.9 cm³/mol. The molecule has 3 N–H and O–H groups in total. The maximum absolute atomic E-state index is 12.6. The van der Waals surface area contributed by atoms with Crippen LogP contribution in [0.25, 0.3) is 21.8 Å². The third kappa shape index (κ3) is 2.62. The minimum Gasteiger partial charge on any atom is -0.355 e. The van der Waals surface area contributed by atoms with E-state index in [4.69, 9.17) is 0 Å². The van der Waals surface area contributed by atoms with Crippen molar-refractivity contribution >= 4 is 33.6 Å². The van der Waals surface area contributed by atoms with Crippen LogP contribution in [0.2, 0.25) is 0 Å². The van der Waals surface area contributed by atoms with E-state index >= 15 is 0 Å². The minimum atomic E-state index is -0.446. The molecule has 1 aliphatic heterocycles. The molecule has 0 radical (unpaired) electrons. The molecule has 2 heterocycles. The summed E-state index contributed by atoms with van der Waals surface area (Å²) >= 11 is 0. The number of nitrogens with one attached hydrogen (secondary N) is 3. The molecule has 24 heavy (non-hydrogen) atoms. The quantitative estimate of drug-likeness (QED) is 0.679. The van der Waals surface area contributed by atoms with E-state index in [2.05, 4.69) is 15.6 Å². The third-order valence-corrected chi connectivity index (χ3v) is 4.61. The average Bonchev–Trinajstić information content (AvgIpc) is 2.85. The molecular formula is C19H19N3O2. The Balaban J connectivity index is 1.64. The van der Waals surface area contributed by atoms with Gasteiger partial charge in [0.2, 0.25) is 5.91 Å². The molecule has 4 rings (SSSR count). The molecule has 3 aromatic rings. The number of amides is 2. The summed E-state index contributed by atoms with van der Waals surface area (Å²) in [6.07, 6.45) is 2.58. The van der Waals surface area contributed by atoms with Crippen molar-refractivity contribution in [1.82, 2.24) is 15.6 Å². The predicted octanol–water partition coefficient (Wildman–Crippen LogP) is 2.72. The van der Waals surface area contributed by atoms with Crippen molar-refractivity contribution in [3.8, 4) is 0 Å². The van der Waals surface area contributed by atoms with Crippen molar-refractivity contribution < 1.29 is 9.59 Å². The molecular weight excluding hydrogens is 302 g/mol. The first-order valence-corrected chi connectivity index (χ1v) is 8.31. The minimum absolute atomic E-state index is 0.0889. The van der Waals surface area contributed by atoms with Crippen molar-refractivity contribution in [3.05, 3.63) is 48.0 Å². The Morgan fingerprint density at radius 3 is 2.79 bits per heavy atom. The summed E-state index contributed by atoms with van der Waals surface area (Å²) < 4.78 is 0. The van der Waals surface area contributed by atoms with Crippen molar-refractivity contribution in [2.24, 2.45) is 0 Å². The van der Waals surface area contributed by atoms with E-state index in [1.165, 1.54) is 0 Å². The van der Waals surface area contributed by atoms with Crippen molar-refractivity contribution in [3.63, 3.8) is 0 Å². The average molecular weight is 321 g/mol. The number of carbonyl (C=O) groups excluding carboxylic acids is 2. The number of hydrogen-bond acceptors (Lipinski definition) is 2. The van der Waals surface area contributed by atoms with Gasteiger partial charge in [0.25, 0.3) is 5.91 Å². The lowest BCUT2D eigenvalue weighted by molar-refractivity contribution is -0.122. The Morgan fingerprint density at radius 2 is 1.88 bits per heavy atom. The fourth-order valence-electron chi connectivity index (χ4n) is 3.31. The standard InChI is InChI=1S/C19H19N3O2/c23-18(22-17-7-3-4-10-20-19(17)24)12-8-9-16-14(11-12)13-5-1-2-6-15(13)21-16/h1-2,5-6,8-9,11,17,21H,3-4,7,10H2,(H,20,24)(H,22,23)/t17-/m0/s1. The zero-order chi connectivity index (χ0) is 16.5. The lowest BCUT2D eigenvalue weighted by Gasteiger charge is -2.15. The van der Waals surface area contributed by atoms with Gasteiger partial charge in [0, 0.05) is 33.9 Å². The van der Waals surface area contributed by atoms with Gasteiger partial charge in [-0.15, -0.1) is 0 Å². The van der Waals surface area contributed by atoms with E-state index in [0.29, 0.717) is 18.5 Å². The SMILES string of the molecule is O=C(N[C@H]1CCCCNC1=O)c1ccc2[nH]c3ccccc3c2c1. The Morgan fingerprint density at radius 1 is 1.04 bits per heavy atom. The van der Waals surface area contributed by atoms with Crippen molar-refractivity contribution in [2.45, 2.75) is 25.3 Å². The van der Waals surface area contributed by atoms with Gasteiger partial charge in [-0.2, -0.15) is 0 Å². The van der Waals surface area contributed by atoms with E-state index in [0.717, 1.165) is 34.6 Å². The highest BCUT2D eigenvalue weighted by Gasteiger charge is 2.23. The van der Waals surface area contributed by atoms with Crippen molar-refractivity contribution in [1.29, 1.82) is 0 Å². The maximum Gasteiger partial charge on any atom is 0.251 e. The Labute approximate surface area is 139 Å². The first-order chi connectivity index (χ1) is 11.7. The van der Waals surface area contributed by atoms with Gasteiger partial charge in [-0.25, -0.2) is 0 Å². The van der Waals surface area contributed by atoms with Crippen LogP contribution < -0.4 is 10.6 Å². The van der Waals surface area contributed by atoms with Crippen LogP contribution in [0, 0.1) is 0 Å². The summed E-state index contributed by atoms with van der Waals surface area (Å²) in [7, 11) is 0. The van der Waals surface area contributed by atoms with Gasteiger partial charge in [0.05, 0.1) is 0 Å². The van der Waals surface area contributed by atoms with E-state index in [-0.39, 0.29) is 11.8 Å². The second kappa shape index (κ2) is 6.00. The molecule has 122 valence electrons. The summed E-state index contributed by atoms with van der Waals surface area (Å²) in [6, 6.07) is 13.2. The number of hydrogen-bond donors (Lipinski definition) is 3. The van der Waals surface area contributed by atoms with Crippen LogP contribution in [0.15, 0.2) is 42.5 Å². The second-order valence-electron chi connectivity index (χ2n) is 6.24. The lowest BCUT2D eigenvalue weighted by atomic mass is 10.1. The van der Waals surface area contributed by atoms with Crippen LogP contribution in [0.4, 0.5) is 0 Å². The molecule has 5 heteroatoms. The summed E-state index contributed by atoms with van der Waals surface area (Å²) in [6.45, 7) is 0.687. The summed E-state index contributed by atoms with van der Waals surface area (Å²) in [5, 5.41) is 7.82. The van der Waals surface area contributed by atoms with Gasteiger partial charge in [-0.1, -0.05) is 18.2 Å². The zero-order valence-electron chi connectivity index (χ0n) is 13.3. The smallest absolute Gasteiger partial charge is 0.251 e. The van der Waals surface area contributed by atoms with Gasteiger partial charge >= 0.3 is 0 Å². The number of fused-ring (bicyclic) bond motifs is 3. The van der Waals surface area contributed by atoms with Crippen LogP contribution in [-0.2, 0) is 4.79 Å². The molecule has 0 spiro atoms. The molecule has 1 saturated heterocycles.